The van der Waals surface area contributed by atoms with Crippen molar-refractivity contribution in [1.82, 2.24) is 14.9 Å². The van der Waals surface area contributed by atoms with E-state index in [0.29, 0.717) is 12.4 Å². The van der Waals surface area contributed by atoms with E-state index >= 15 is 0 Å². The molecule has 0 spiro atoms. The molecule has 33 heavy (non-hydrogen) atoms. The Morgan fingerprint density at radius 2 is 1.85 bits per heavy atom. The van der Waals surface area contributed by atoms with Gasteiger partial charge in [0.1, 0.15) is 5.82 Å². The first-order chi connectivity index (χ1) is 16.0. The first-order valence-electron chi connectivity index (χ1n) is 11.8. The number of anilines is 2. The van der Waals surface area contributed by atoms with Gasteiger partial charge in [-0.3, -0.25) is 4.90 Å². The second-order valence-electron chi connectivity index (χ2n) is 8.53. The van der Waals surface area contributed by atoms with Crippen LogP contribution in [0, 0.1) is 13.8 Å². The summed E-state index contributed by atoms with van der Waals surface area (Å²) in [7, 11) is 0. The highest BCUT2D eigenvalue weighted by molar-refractivity contribution is 5.94. The Morgan fingerprint density at radius 3 is 2.64 bits per heavy atom. The topological polar surface area (TPSA) is 70.6 Å². The smallest absolute Gasteiger partial charge is 0.376 e. The monoisotopic (exact) mass is 447 g/mol. The second-order valence-corrected chi connectivity index (χ2v) is 8.53. The molecule has 0 atom stereocenters. The molecule has 0 aliphatic carbocycles. The van der Waals surface area contributed by atoms with Gasteiger partial charge in [-0.15, -0.1) is 0 Å². The third kappa shape index (κ3) is 5.60. The lowest BCUT2D eigenvalue weighted by atomic mass is 10.1. The van der Waals surface area contributed by atoms with E-state index in [1.165, 1.54) is 16.8 Å². The van der Waals surface area contributed by atoms with Crippen LogP contribution in [0.3, 0.4) is 0 Å². The van der Waals surface area contributed by atoms with Crippen LogP contribution in [0.2, 0.25) is 0 Å². The summed E-state index contributed by atoms with van der Waals surface area (Å²) < 4.78 is 5.09. The van der Waals surface area contributed by atoms with E-state index in [1.54, 1.807) is 6.92 Å². The first kappa shape index (κ1) is 23.0. The number of aryl methyl sites for hydroxylation is 2. The Kier molecular flexibility index (Phi) is 7.40. The molecule has 2 heterocycles. The van der Waals surface area contributed by atoms with Gasteiger partial charge in [0.05, 0.1) is 12.1 Å². The van der Waals surface area contributed by atoms with Crippen LogP contribution in [0.1, 0.15) is 35.1 Å². The standard InChI is InChI=1S/C26H33N5O2/c1-4-33-26(32)25-28-22-9-6-5-8-21(22)24(29-25)27-12-7-13-30-14-16-31(17-15-30)23-18-19(2)10-11-20(23)3/h5-6,8-11,18H,4,7,12-17H2,1-3H3,(H,27,28,29). The zero-order chi connectivity index (χ0) is 23.2. The molecule has 174 valence electrons. The van der Waals surface area contributed by atoms with Crippen LogP contribution in [0.5, 0.6) is 0 Å². The molecule has 0 unspecified atom stereocenters. The maximum atomic E-state index is 12.2. The molecule has 1 fully saturated rings. The van der Waals surface area contributed by atoms with Crippen molar-refractivity contribution < 1.29 is 9.53 Å². The van der Waals surface area contributed by atoms with Crippen molar-refractivity contribution in [1.29, 1.82) is 0 Å². The first-order valence-corrected chi connectivity index (χ1v) is 11.8. The summed E-state index contributed by atoms with van der Waals surface area (Å²) >= 11 is 0. The maximum absolute atomic E-state index is 12.2. The Morgan fingerprint density at radius 1 is 1.06 bits per heavy atom. The SMILES string of the molecule is CCOC(=O)c1nc(NCCCN2CCN(c3cc(C)ccc3C)CC2)c2ccccc2n1. The third-order valence-electron chi connectivity index (χ3n) is 6.08. The molecule has 0 saturated carbocycles. The molecule has 0 radical (unpaired) electrons. The summed E-state index contributed by atoms with van der Waals surface area (Å²) in [5.74, 6) is 0.289. The zero-order valence-electron chi connectivity index (χ0n) is 19.8. The minimum absolute atomic E-state index is 0.0978. The van der Waals surface area contributed by atoms with Gasteiger partial charge in [0.15, 0.2) is 0 Å². The highest BCUT2D eigenvalue weighted by Crippen LogP contribution is 2.23. The van der Waals surface area contributed by atoms with E-state index in [9.17, 15) is 4.79 Å². The van der Waals surface area contributed by atoms with E-state index in [0.717, 1.165) is 56.6 Å². The van der Waals surface area contributed by atoms with Gasteiger partial charge in [-0.25, -0.2) is 14.8 Å². The number of carbonyl (C=O) groups excluding carboxylic acids is 1. The van der Waals surface area contributed by atoms with Gasteiger partial charge in [-0.2, -0.15) is 0 Å². The minimum atomic E-state index is -0.493. The number of hydrogen-bond acceptors (Lipinski definition) is 7. The average molecular weight is 448 g/mol. The predicted octanol–water partition coefficient (Wildman–Crippen LogP) is 4.05. The van der Waals surface area contributed by atoms with Crippen LogP contribution in [0.25, 0.3) is 10.9 Å². The Hall–Kier alpha value is -3.19. The fourth-order valence-electron chi connectivity index (χ4n) is 4.28. The highest BCUT2D eigenvalue weighted by Gasteiger charge is 2.18. The van der Waals surface area contributed by atoms with Crippen LogP contribution in [0.4, 0.5) is 11.5 Å². The number of para-hydroxylation sites is 1. The number of rotatable bonds is 8. The van der Waals surface area contributed by atoms with E-state index in [2.05, 4.69) is 57.1 Å². The van der Waals surface area contributed by atoms with Crippen molar-refractivity contribution in [2.24, 2.45) is 0 Å². The van der Waals surface area contributed by atoms with Crippen molar-refractivity contribution in [2.45, 2.75) is 27.2 Å². The van der Waals surface area contributed by atoms with Crippen LogP contribution in [0.15, 0.2) is 42.5 Å². The summed E-state index contributed by atoms with van der Waals surface area (Å²) in [5.41, 5.74) is 4.76. The zero-order valence-corrected chi connectivity index (χ0v) is 19.8. The number of nitrogens with one attached hydrogen (secondary N) is 1. The van der Waals surface area contributed by atoms with Crippen LogP contribution in [-0.2, 0) is 4.74 Å². The van der Waals surface area contributed by atoms with Crippen molar-refractivity contribution in [2.75, 3.05) is 56.1 Å². The van der Waals surface area contributed by atoms with Crippen LogP contribution in [-0.4, -0.2) is 66.7 Å². The van der Waals surface area contributed by atoms with Crippen molar-refractivity contribution in [3.8, 4) is 0 Å². The molecule has 2 aromatic carbocycles. The molecule has 3 aromatic rings. The Balaban J connectivity index is 1.30. The molecule has 1 saturated heterocycles. The predicted molar refractivity (Wildman–Crippen MR) is 133 cm³/mol. The second kappa shape index (κ2) is 10.6. The van der Waals surface area contributed by atoms with E-state index in [-0.39, 0.29) is 5.82 Å². The molecule has 0 bridgehead atoms. The third-order valence-corrected chi connectivity index (χ3v) is 6.08. The average Bonchev–Trinajstić information content (AvgIpc) is 2.83. The van der Waals surface area contributed by atoms with Crippen LogP contribution < -0.4 is 10.2 Å². The van der Waals surface area contributed by atoms with Gasteiger partial charge >= 0.3 is 5.97 Å². The molecule has 7 heteroatoms. The summed E-state index contributed by atoms with van der Waals surface area (Å²) in [6.07, 6.45) is 0.997. The fourth-order valence-corrected chi connectivity index (χ4v) is 4.28. The van der Waals surface area contributed by atoms with Crippen LogP contribution >= 0.6 is 0 Å². The van der Waals surface area contributed by atoms with Crippen molar-refractivity contribution >= 4 is 28.4 Å². The lowest BCUT2D eigenvalue weighted by molar-refractivity contribution is 0.0512. The lowest BCUT2D eigenvalue weighted by Gasteiger charge is -2.37. The molecular weight excluding hydrogens is 414 g/mol. The molecule has 1 aliphatic heterocycles. The van der Waals surface area contributed by atoms with E-state index < -0.39 is 5.97 Å². The fraction of sp³-hybridized carbons (Fsp3) is 0.423. The maximum Gasteiger partial charge on any atom is 0.376 e. The summed E-state index contributed by atoms with van der Waals surface area (Å²) in [4.78, 5) is 26.0. The van der Waals surface area contributed by atoms with Crippen molar-refractivity contribution in [3.05, 3.63) is 59.4 Å². The van der Waals surface area contributed by atoms with Gasteiger partial charge in [0.25, 0.3) is 0 Å². The lowest BCUT2D eigenvalue weighted by Crippen LogP contribution is -2.47. The molecule has 4 rings (SSSR count). The molecule has 1 aromatic heterocycles. The van der Waals surface area contributed by atoms with Gasteiger partial charge in [-0.05, 0) is 63.1 Å². The van der Waals surface area contributed by atoms with Crippen molar-refractivity contribution in [3.63, 3.8) is 0 Å². The summed E-state index contributed by atoms with van der Waals surface area (Å²) in [5, 5.41) is 4.33. The van der Waals surface area contributed by atoms with Gasteiger partial charge < -0.3 is 15.0 Å². The highest BCUT2D eigenvalue weighted by atomic mass is 16.5. The number of aromatic nitrogens is 2. The molecule has 1 aliphatic rings. The van der Waals surface area contributed by atoms with E-state index in [4.69, 9.17) is 4.74 Å². The van der Waals surface area contributed by atoms with Gasteiger partial charge in [0.2, 0.25) is 5.82 Å². The molecule has 7 nitrogen and oxygen atoms in total. The summed E-state index contributed by atoms with van der Waals surface area (Å²) in [6, 6.07) is 14.4. The van der Waals surface area contributed by atoms with Gasteiger partial charge in [-0.1, -0.05) is 24.3 Å². The number of fused-ring (bicyclic) bond motifs is 1. The molecular formula is C26H33N5O2. The molecule has 0 amide bonds. The number of hydrogen-bond donors (Lipinski definition) is 1. The number of piperazine rings is 1. The summed E-state index contributed by atoms with van der Waals surface area (Å²) in [6.45, 7) is 12.5. The number of esters is 1. The normalized spacial score (nSPS) is 14.5. The number of ether oxygens (including phenoxy) is 1. The van der Waals surface area contributed by atoms with E-state index in [1.807, 2.05) is 24.3 Å². The number of carbonyl (C=O) groups is 1. The largest absolute Gasteiger partial charge is 0.460 e. The van der Waals surface area contributed by atoms with Gasteiger partial charge in [0, 0.05) is 43.8 Å². The quantitative estimate of drug-likeness (QED) is 0.413. The number of nitrogens with zero attached hydrogens (tertiary/aromatic N) is 4. The number of benzene rings is 2. The minimum Gasteiger partial charge on any atom is -0.460 e. The Bertz CT molecular complexity index is 1110. The molecule has 1 N–H and O–H groups in total. The Labute approximate surface area is 195 Å².